The van der Waals surface area contributed by atoms with Gasteiger partial charge in [0.1, 0.15) is 0 Å². The Morgan fingerprint density at radius 3 is 2.18 bits per heavy atom. The first-order valence-electron chi connectivity index (χ1n) is 9.63. The number of hydrogen-bond acceptors (Lipinski definition) is 6. The Hall–Kier alpha value is -1.09. The quantitative estimate of drug-likeness (QED) is 0.377. The standard InChI is InChI=1S/C16H34N2O3S.C4H6O2/c1-7-18(8-2)10-9-17-15(19)16(3,4)13-22-12-14(21-6)11-20-5;1-3(2)4(5)6/h14H,7-13H2,1-6H3,(H,17,19);1H2,2H3,(H,5,6). The number of quaternary nitrogens is 1. The van der Waals surface area contributed by atoms with E-state index in [1.54, 1.807) is 26.0 Å². The van der Waals surface area contributed by atoms with Crippen molar-refractivity contribution in [3.8, 4) is 0 Å². The molecule has 0 aromatic heterocycles. The summed E-state index contributed by atoms with van der Waals surface area (Å²) in [5.41, 5.74) is -0.302. The molecule has 1 unspecified atom stereocenters. The Bertz CT molecular complexity index is 442. The second-order valence-electron chi connectivity index (χ2n) is 7.24. The number of ether oxygens (including phenoxy) is 2. The Balaban J connectivity index is 0. The minimum atomic E-state index is -1.19. The van der Waals surface area contributed by atoms with Crippen LogP contribution >= 0.6 is 11.8 Å². The molecule has 8 heteroatoms. The van der Waals surface area contributed by atoms with E-state index in [4.69, 9.17) is 9.47 Å². The minimum Gasteiger partial charge on any atom is -0.545 e. The summed E-state index contributed by atoms with van der Waals surface area (Å²) in [6.07, 6.45) is 0.0835. The Kier molecular flexibility index (Phi) is 17.5. The number of likely N-dealkylation sites (N-methyl/N-ethyl adjacent to an activating group) is 1. The number of carbonyl (C=O) groups is 2. The van der Waals surface area contributed by atoms with E-state index in [1.165, 1.54) is 11.8 Å². The number of aliphatic carboxylic acids is 1. The third kappa shape index (κ3) is 14.9. The summed E-state index contributed by atoms with van der Waals surface area (Å²) in [5.74, 6) is 0.563. The molecule has 0 aliphatic heterocycles. The SMILES string of the molecule is C=C(C)C(=O)[O-].CC[NH+](CC)CCNC(=O)C(C)(C)CSCC(COC)OC. The van der Waals surface area contributed by atoms with Crippen LogP contribution in [0.1, 0.15) is 34.6 Å². The lowest BCUT2D eigenvalue weighted by Crippen LogP contribution is -3.12. The van der Waals surface area contributed by atoms with Crippen molar-refractivity contribution in [1.82, 2.24) is 5.32 Å². The lowest BCUT2D eigenvalue weighted by atomic mass is 9.95. The number of rotatable bonds is 14. The van der Waals surface area contributed by atoms with Crippen LogP contribution < -0.4 is 15.3 Å². The van der Waals surface area contributed by atoms with Crippen LogP contribution in [0.3, 0.4) is 0 Å². The summed E-state index contributed by atoms with van der Waals surface area (Å²) in [6.45, 7) is 17.3. The van der Waals surface area contributed by atoms with E-state index in [9.17, 15) is 14.7 Å². The van der Waals surface area contributed by atoms with Gasteiger partial charge in [0.2, 0.25) is 5.91 Å². The second-order valence-corrected chi connectivity index (χ2v) is 8.27. The lowest BCUT2D eigenvalue weighted by Gasteiger charge is -2.25. The molecule has 2 N–H and O–H groups in total. The lowest BCUT2D eigenvalue weighted by molar-refractivity contribution is -0.895. The molecule has 0 radical (unpaired) electrons. The zero-order valence-electron chi connectivity index (χ0n) is 18.7. The largest absolute Gasteiger partial charge is 0.545 e. The molecule has 0 heterocycles. The maximum atomic E-state index is 12.3. The maximum Gasteiger partial charge on any atom is 0.226 e. The number of carboxylic acid groups (broad SMARTS) is 1. The molecule has 0 fully saturated rings. The second kappa shape index (κ2) is 16.8. The number of thioether (sulfide) groups is 1. The molecule has 28 heavy (non-hydrogen) atoms. The number of methoxy groups -OCH3 is 2. The van der Waals surface area contributed by atoms with Crippen LogP contribution in [0.5, 0.6) is 0 Å². The highest BCUT2D eigenvalue weighted by Crippen LogP contribution is 2.22. The van der Waals surface area contributed by atoms with Gasteiger partial charge in [-0.05, 0) is 26.3 Å². The summed E-state index contributed by atoms with van der Waals surface area (Å²) in [7, 11) is 3.36. The van der Waals surface area contributed by atoms with Crippen LogP contribution in [-0.2, 0) is 19.1 Å². The topological polar surface area (TPSA) is 92.1 Å². The zero-order valence-corrected chi connectivity index (χ0v) is 19.5. The van der Waals surface area contributed by atoms with Crippen molar-refractivity contribution in [2.75, 3.05) is 58.5 Å². The van der Waals surface area contributed by atoms with Crippen LogP contribution in [0.25, 0.3) is 0 Å². The molecule has 0 aromatic carbocycles. The monoisotopic (exact) mass is 420 g/mol. The van der Waals surface area contributed by atoms with Crippen molar-refractivity contribution in [1.29, 1.82) is 0 Å². The van der Waals surface area contributed by atoms with Gasteiger partial charge in [-0.15, -0.1) is 0 Å². The molecule has 1 atom stereocenters. The van der Waals surface area contributed by atoms with Gasteiger partial charge in [-0.1, -0.05) is 20.4 Å². The van der Waals surface area contributed by atoms with Crippen LogP contribution in [0.2, 0.25) is 0 Å². The van der Waals surface area contributed by atoms with Gasteiger partial charge in [0.15, 0.2) is 0 Å². The molecule has 0 bridgehead atoms. The average Bonchev–Trinajstić information content (AvgIpc) is 2.64. The fourth-order valence-corrected chi connectivity index (χ4v) is 3.33. The summed E-state index contributed by atoms with van der Waals surface area (Å²) in [6, 6.07) is 0. The van der Waals surface area contributed by atoms with Crippen molar-refractivity contribution in [3.05, 3.63) is 12.2 Å². The maximum absolute atomic E-state index is 12.3. The molecular formula is C20H40N2O5S. The number of carboxylic acids is 1. The highest BCUT2D eigenvalue weighted by Gasteiger charge is 2.27. The zero-order chi connectivity index (χ0) is 22.2. The van der Waals surface area contributed by atoms with E-state index in [0.29, 0.717) is 6.61 Å². The normalized spacial score (nSPS) is 12.1. The molecule has 0 rings (SSSR count). The van der Waals surface area contributed by atoms with Crippen molar-refractivity contribution >= 4 is 23.6 Å². The van der Waals surface area contributed by atoms with E-state index in [0.717, 1.165) is 37.7 Å². The van der Waals surface area contributed by atoms with Gasteiger partial charge in [0.25, 0.3) is 0 Å². The molecule has 0 saturated heterocycles. The number of carbonyl (C=O) groups excluding carboxylic acids is 2. The van der Waals surface area contributed by atoms with Gasteiger partial charge in [0.05, 0.1) is 50.3 Å². The van der Waals surface area contributed by atoms with Gasteiger partial charge in [-0.3, -0.25) is 4.79 Å². The van der Waals surface area contributed by atoms with Crippen LogP contribution in [0.15, 0.2) is 12.2 Å². The predicted octanol–water partition coefficient (Wildman–Crippen LogP) is -0.239. The molecule has 166 valence electrons. The van der Waals surface area contributed by atoms with Crippen molar-refractivity contribution < 1.29 is 29.1 Å². The Morgan fingerprint density at radius 2 is 1.79 bits per heavy atom. The molecule has 0 saturated carbocycles. The van der Waals surface area contributed by atoms with Gasteiger partial charge in [-0.2, -0.15) is 11.8 Å². The van der Waals surface area contributed by atoms with E-state index in [1.807, 2.05) is 13.8 Å². The first kappa shape index (κ1) is 29.1. The van der Waals surface area contributed by atoms with Crippen molar-refractivity contribution in [2.45, 2.75) is 40.7 Å². The van der Waals surface area contributed by atoms with Gasteiger partial charge >= 0.3 is 0 Å². The van der Waals surface area contributed by atoms with E-state index in [2.05, 4.69) is 25.7 Å². The first-order valence-corrected chi connectivity index (χ1v) is 10.8. The summed E-state index contributed by atoms with van der Waals surface area (Å²) in [4.78, 5) is 23.3. The Labute approximate surface area is 175 Å². The highest BCUT2D eigenvalue weighted by molar-refractivity contribution is 7.99. The first-order chi connectivity index (χ1) is 13.0. The summed E-state index contributed by atoms with van der Waals surface area (Å²) < 4.78 is 10.4. The average molecular weight is 421 g/mol. The van der Waals surface area contributed by atoms with Gasteiger partial charge < -0.3 is 29.6 Å². The third-order valence-electron chi connectivity index (χ3n) is 4.18. The van der Waals surface area contributed by atoms with Crippen molar-refractivity contribution in [3.63, 3.8) is 0 Å². The van der Waals surface area contributed by atoms with E-state index >= 15 is 0 Å². The smallest absolute Gasteiger partial charge is 0.226 e. The molecule has 0 aromatic rings. The highest BCUT2D eigenvalue weighted by atomic mass is 32.2. The summed E-state index contributed by atoms with van der Waals surface area (Å²) in [5, 5.41) is 12.6. The fraction of sp³-hybridized carbons (Fsp3) is 0.800. The van der Waals surface area contributed by atoms with E-state index in [-0.39, 0.29) is 23.0 Å². The Morgan fingerprint density at radius 1 is 1.25 bits per heavy atom. The van der Waals surface area contributed by atoms with Crippen LogP contribution in [-0.4, -0.2) is 76.5 Å². The number of hydrogen-bond donors (Lipinski definition) is 2. The van der Waals surface area contributed by atoms with Gasteiger partial charge in [0, 0.05) is 25.7 Å². The van der Waals surface area contributed by atoms with Crippen LogP contribution in [0.4, 0.5) is 0 Å². The van der Waals surface area contributed by atoms with Gasteiger partial charge in [-0.25, -0.2) is 0 Å². The number of amides is 1. The molecule has 1 amide bonds. The summed E-state index contributed by atoms with van der Waals surface area (Å²) >= 11 is 1.74. The fourth-order valence-electron chi connectivity index (χ4n) is 2.08. The molecule has 7 nitrogen and oxygen atoms in total. The number of nitrogens with one attached hydrogen (secondary N) is 2. The minimum absolute atomic E-state index is 0.0648. The van der Waals surface area contributed by atoms with Crippen molar-refractivity contribution in [2.24, 2.45) is 5.41 Å². The molecular weight excluding hydrogens is 380 g/mol. The van der Waals surface area contributed by atoms with Crippen LogP contribution in [0, 0.1) is 5.41 Å². The molecule has 0 aliphatic carbocycles. The molecule has 0 aliphatic rings. The van der Waals surface area contributed by atoms with E-state index < -0.39 is 5.97 Å². The third-order valence-corrected chi connectivity index (χ3v) is 5.71. The molecule has 0 spiro atoms. The predicted molar refractivity (Wildman–Crippen MR) is 114 cm³/mol.